The van der Waals surface area contributed by atoms with Crippen LogP contribution in [0.5, 0.6) is 0 Å². The van der Waals surface area contributed by atoms with E-state index in [0.717, 1.165) is 25.9 Å². The highest BCUT2D eigenvalue weighted by Crippen LogP contribution is 2.17. The van der Waals surface area contributed by atoms with Crippen LogP contribution in [0.3, 0.4) is 0 Å². The molecule has 1 aliphatic rings. The number of carbonyl (C=O) groups excluding carboxylic acids is 2. The molecule has 1 amide bonds. The number of likely N-dealkylation sites (tertiary alicyclic amines) is 1. The van der Waals surface area contributed by atoms with Crippen molar-refractivity contribution in [1.82, 2.24) is 15.2 Å². The zero-order valence-electron chi connectivity index (χ0n) is 14.0. The van der Waals surface area contributed by atoms with Crippen molar-refractivity contribution in [2.75, 3.05) is 26.2 Å². The van der Waals surface area contributed by atoms with Crippen molar-refractivity contribution in [3.8, 4) is 0 Å². The SMILES string of the molecule is CC(C)(C)OC(=O)NCC1CCN(CC(=O)c2nccs2)CC1. The number of piperidine rings is 1. The summed E-state index contributed by atoms with van der Waals surface area (Å²) in [5.41, 5.74) is -0.469. The highest BCUT2D eigenvalue weighted by molar-refractivity contribution is 7.11. The van der Waals surface area contributed by atoms with Gasteiger partial charge >= 0.3 is 6.09 Å². The molecule has 0 spiro atoms. The molecule has 0 aliphatic carbocycles. The van der Waals surface area contributed by atoms with Crippen molar-refractivity contribution in [2.24, 2.45) is 5.92 Å². The number of ketones is 1. The van der Waals surface area contributed by atoms with Crippen LogP contribution in [0.4, 0.5) is 4.79 Å². The molecular weight excluding hydrogens is 314 g/mol. The van der Waals surface area contributed by atoms with Crippen LogP contribution < -0.4 is 5.32 Å². The van der Waals surface area contributed by atoms with E-state index in [-0.39, 0.29) is 11.9 Å². The molecule has 0 radical (unpaired) electrons. The average molecular weight is 339 g/mol. The third-order valence-electron chi connectivity index (χ3n) is 3.68. The summed E-state index contributed by atoms with van der Waals surface area (Å²) in [6.45, 7) is 8.36. The highest BCUT2D eigenvalue weighted by atomic mass is 32.1. The van der Waals surface area contributed by atoms with E-state index < -0.39 is 5.60 Å². The molecular formula is C16H25N3O3S. The van der Waals surface area contributed by atoms with Crippen LogP contribution in [-0.2, 0) is 4.74 Å². The van der Waals surface area contributed by atoms with E-state index in [1.54, 1.807) is 6.20 Å². The number of hydrogen-bond acceptors (Lipinski definition) is 6. The summed E-state index contributed by atoms with van der Waals surface area (Å²) in [6, 6.07) is 0. The van der Waals surface area contributed by atoms with Gasteiger partial charge in [0, 0.05) is 18.1 Å². The Morgan fingerprint density at radius 2 is 2.09 bits per heavy atom. The Bertz CT molecular complexity index is 517. The van der Waals surface area contributed by atoms with Crippen LogP contribution in [0.2, 0.25) is 0 Å². The Morgan fingerprint density at radius 3 is 2.65 bits per heavy atom. The number of Topliss-reactive ketones (excluding diaryl/α,β-unsaturated/α-hetero) is 1. The second-order valence-corrected chi connectivity index (χ2v) is 7.76. The second kappa shape index (κ2) is 7.88. The van der Waals surface area contributed by atoms with E-state index in [9.17, 15) is 9.59 Å². The standard InChI is InChI=1S/C16H25N3O3S/c1-16(2,3)22-15(21)18-10-12-4-7-19(8-5-12)11-13(20)14-17-6-9-23-14/h6,9,12H,4-5,7-8,10-11H2,1-3H3,(H,18,21). The van der Waals surface area contributed by atoms with Crippen molar-refractivity contribution < 1.29 is 14.3 Å². The largest absolute Gasteiger partial charge is 0.444 e. The smallest absolute Gasteiger partial charge is 0.407 e. The topological polar surface area (TPSA) is 71.5 Å². The molecule has 1 fully saturated rings. The van der Waals surface area contributed by atoms with Crippen molar-refractivity contribution >= 4 is 23.2 Å². The van der Waals surface area contributed by atoms with E-state index in [4.69, 9.17) is 4.74 Å². The maximum Gasteiger partial charge on any atom is 0.407 e. The third kappa shape index (κ3) is 6.27. The molecule has 2 rings (SSSR count). The van der Waals surface area contributed by atoms with E-state index in [2.05, 4.69) is 15.2 Å². The Kier molecular flexibility index (Phi) is 6.12. The number of hydrogen-bond donors (Lipinski definition) is 1. The van der Waals surface area contributed by atoms with Gasteiger partial charge in [-0.1, -0.05) is 0 Å². The molecule has 0 aromatic carbocycles. The molecule has 128 valence electrons. The van der Waals surface area contributed by atoms with Gasteiger partial charge in [0.15, 0.2) is 5.01 Å². The predicted molar refractivity (Wildman–Crippen MR) is 89.8 cm³/mol. The van der Waals surface area contributed by atoms with Crippen molar-refractivity contribution in [3.05, 3.63) is 16.6 Å². The summed E-state index contributed by atoms with van der Waals surface area (Å²) in [4.78, 5) is 29.9. The van der Waals surface area contributed by atoms with E-state index in [1.807, 2.05) is 26.2 Å². The normalized spacial score (nSPS) is 17.0. The molecule has 0 atom stereocenters. The lowest BCUT2D eigenvalue weighted by molar-refractivity contribution is 0.0510. The molecule has 1 N–H and O–H groups in total. The number of nitrogens with zero attached hydrogens (tertiary/aromatic N) is 2. The fraction of sp³-hybridized carbons (Fsp3) is 0.688. The van der Waals surface area contributed by atoms with E-state index in [1.165, 1.54) is 11.3 Å². The summed E-state index contributed by atoms with van der Waals surface area (Å²) in [5, 5.41) is 5.24. The lowest BCUT2D eigenvalue weighted by atomic mass is 9.97. The van der Waals surface area contributed by atoms with Gasteiger partial charge in [-0.3, -0.25) is 9.69 Å². The Balaban J connectivity index is 1.66. The molecule has 0 bridgehead atoms. The van der Waals surface area contributed by atoms with Gasteiger partial charge in [0.2, 0.25) is 5.78 Å². The van der Waals surface area contributed by atoms with Crippen molar-refractivity contribution in [3.63, 3.8) is 0 Å². The van der Waals surface area contributed by atoms with Crippen LogP contribution in [-0.4, -0.2) is 53.5 Å². The Hall–Kier alpha value is -1.47. The van der Waals surface area contributed by atoms with Crippen molar-refractivity contribution in [1.29, 1.82) is 0 Å². The van der Waals surface area contributed by atoms with Gasteiger partial charge < -0.3 is 10.1 Å². The monoisotopic (exact) mass is 339 g/mol. The number of carbonyl (C=O) groups is 2. The quantitative estimate of drug-likeness (QED) is 0.835. The summed E-state index contributed by atoms with van der Waals surface area (Å²) >= 11 is 1.39. The Morgan fingerprint density at radius 1 is 1.39 bits per heavy atom. The zero-order valence-corrected chi connectivity index (χ0v) is 14.8. The predicted octanol–water partition coefficient (Wildman–Crippen LogP) is 2.56. The van der Waals surface area contributed by atoms with Crippen LogP contribution in [0.25, 0.3) is 0 Å². The molecule has 6 nitrogen and oxygen atoms in total. The average Bonchev–Trinajstić information content (AvgIpc) is 2.99. The molecule has 1 aliphatic heterocycles. The number of rotatable bonds is 5. The van der Waals surface area contributed by atoms with Crippen LogP contribution >= 0.6 is 11.3 Å². The fourth-order valence-corrected chi connectivity index (χ4v) is 3.09. The van der Waals surface area contributed by atoms with E-state index >= 15 is 0 Å². The summed E-state index contributed by atoms with van der Waals surface area (Å²) in [7, 11) is 0. The number of ether oxygens (including phenoxy) is 1. The molecule has 1 saturated heterocycles. The fourth-order valence-electron chi connectivity index (χ4n) is 2.52. The van der Waals surface area contributed by atoms with Gasteiger partial charge in [0.1, 0.15) is 5.60 Å². The minimum absolute atomic E-state index is 0.0883. The van der Waals surface area contributed by atoms with Gasteiger partial charge in [0.25, 0.3) is 0 Å². The maximum absolute atomic E-state index is 12.0. The highest BCUT2D eigenvalue weighted by Gasteiger charge is 2.23. The van der Waals surface area contributed by atoms with Gasteiger partial charge in [0.05, 0.1) is 6.54 Å². The zero-order chi connectivity index (χ0) is 16.9. The first-order chi connectivity index (χ1) is 10.8. The Labute approximate surface area is 141 Å². The second-order valence-electron chi connectivity index (χ2n) is 6.86. The number of amides is 1. The number of aromatic nitrogens is 1. The molecule has 0 unspecified atom stereocenters. The number of alkyl carbamates (subject to hydrolysis) is 1. The van der Waals surface area contributed by atoms with Crippen LogP contribution in [0, 0.1) is 5.92 Å². The van der Waals surface area contributed by atoms with Gasteiger partial charge in [-0.2, -0.15) is 0 Å². The third-order valence-corrected chi connectivity index (χ3v) is 4.49. The first kappa shape index (κ1) is 17.9. The van der Waals surface area contributed by atoms with Crippen molar-refractivity contribution in [2.45, 2.75) is 39.2 Å². The molecule has 23 heavy (non-hydrogen) atoms. The van der Waals surface area contributed by atoms with Gasteiger partial charge in [-0.05, 0) is 52.6 Å². The lowest BCUT2D eigenvalue weighted by Gasteiger charge is -2.31. The summed E-state index contributed by atoms with van der Waals surface area (Å²) in [5.74, 6) is 0.527. The first-order valence-electron chi connectivity index (χ1n) is 7.95. The minimum Gasteiger partial charge on any atom is -0.444 e. The van der Waals surface area contributed by atoms with Crippen LogP contribution in [0.1, 0.15) is 43.4 Å². The molecule has 2 heterocycles. The molecule has 7 heteroatoms. The van der Waals surface area contributed by atoms with Gasteiger partial charge in [-0.15, -0.1) is 11.3 Å². The summed E-state index contributed by atoms with van der Waals surface area (Å²) < 4.78 is 5.23. The maximum atomic E-state index is 12.0. The lowest BCUT2D eigenvalue weighted by Crippen LogP contribution is -2.41. The van der Waals surface area contributed by atoms with Gasteiger partial charge in [-0.25, -0.2) is 9.78 Å². The molecule has 1 aromatic heterocycles. The molecule has 1 aromatic rings. The number of thiazole rings is 1. The van der Waals surface area contributed by atoms with Crippen LogP contribution in [0.15, 0.2) is 11.6 Å². The summed E-state index contributed by atoms with van der Waals surface area (Å²) in [6.07, 6.45) is 3.24. The number of nitrogens with one attached hydrogen (secondary N) is 1. The first-order valence-corrected chi connectivity index (χ1v) is 8.83. The molecule has 0 saturated carbocycles. The minimum atomic E-state index is -0.469. The van der Waals surface area contributed by atoms with E-state index in [0.29, 0.717) is 24.0 Å².